The standard InChI is InChI=1S/C82H103ClN18O16.C2H4O2/c1-45(2)35-60(72(107)92-59(16-9-10-33-87-46(3)4)80(115)101-34-12-17-68(101)79(114)88-47(5)70(84)105)93-74(109)63(38-51-23-30-58(31-24-51)91-81(85)116)95-76(111)64(39-50-21-28-57(29-22-50)90-71(106)66-42-69(104)100-82(117)99-66)97-78(113)67(44-102)98-77(112)65(41-53-13-11-32-86-43-53)96-75(110)62(37-49-19-26-56(83)27-20-49)94-73(108)61(89-48(6)103)40-52-18-25-54-14-7-8-15-55(54)36-52;1-2(3)4/h7-8,11,13-15,18-32,36,43,45-47,59-68,87,102H,9-10,12,16-17,33-35,37-42,44H2,1-6H3,(H2,84,105)(H,88,114)(H,89,103)(H,90,106)(H,92,107)(H,93,109)(H,94,108)(H,95,111)(H,96,110)(H,97,113)(H,98,112)(H3,85,91,116)(H2,99,100,104,117);1H3,(H,3,4). The Morgan fingerprint density at radius 2 is 1.01 bits per heavy atom. The number of amides is 17. The average Bonchev–Trinajstić information content (AvgIpc) is 1.46. The number of nitrogens with zero attached hydrogens (tertiary/aromatic N) is 2. The van der Waals surface area contributed by atoms with Crippen LogP contribution in [0.1, 0.15) is 121 Å². The van der Waals surface area contributed by atoms with Gasteiger partial charge in [-0.2, -0.15) is 0 Å². The number of halogens is 1. The number of imide groups is 1. The highest BCUT2D eigenvalue weighted by molar-refractivity contribution is 6.30. The first-order valence-electron chi connectivity index (χ1n) is 39.6. The molecule has 0 aliphatic carbocycles. The van der Waals surface area contributed by atoms with E-state index in [1.807, 2.05) is 61.6 Å². The molecule has 36 nitrogen and oxygen atoms in total. The average molecular weight is 1690 g/mol. The number of likely N-dealkylation sites (tertiary alicyclic amines) is 1. The number of fused-ring (bicyclic) bond motifs is 1. The van der Waals surface area contributed by atoms with Crippen molar-refractivity contribution in [3.05, 3.63) is 173 Å². The van der Waals surface area contributed by atoms with Crippen molar-refractivity contribution in [1.29, 1.82) is 0 Å². The molecule has 648 valence electrons. The van der Waals surface area contributed by atoms with Gasteiger partial charge in [0.25, 0.3) is 5.97 Å². The van der Waals surface area contributed by atoms with E-state index in [0.29, 0.717) is 53.1 Å². The van der Waals surface area contributed by atoms with Crippen LogP contribution in [0.5, 0.6) is 0 Å². The Morgan fingerprint density at radius 1 is 0.537 bits per heavy atom. The highest BCUT2D eigenvalue weighted by atomic mass is 35.5. The second-order valence-electron chi connectivity index (χ2n) is 30.3. The van der Waals surface area contributed by atoms with Gasteiger partial charge in [0.2, 0.25) is 76.8 Å². The predicted octanol–water partition coefficient (Wildman–Crippen LogP) is 1.61. The molecular formula is C84H107ClN18O18. The number of nitrogens with two attached hydrogens (primary N) is 2. The molecule has 2 fully saturated rings. The number of rotatable bonds is 41. The number of primary amides is 2. The van der Waals surface area contributed by atoms with E-state index in [0.717, 1.165) is 17.7 Å². The summed E-state index contributed by atoms with van der Waals surface area (Å²) in [5.74, 6) is -11.8. The molecule has 2 aliphatic heterocycles. The molecule has 1 aromatic heterocycles. The number of carboxylic acid groups (broad SMARTS) is 1. The fourth-order valence-electron chi connectivity index (χ4n) is 13.4. The lowest BCUT2D eigenvalue weighted by atomic mass is 9.99. The van der Waals surface area contributed by atoms with Crippen molar-refractivity contribution in [2.24, 2.45) is 17.4 Å². The maximum atomic E-state index is 15.5. The number of hydrogen-bond acceptors (Lipinski definition) is 19. The number of aliphatic hydroxyl groups is 1. The van der Waals surface area contributed by atoms with Gasteiger partial charge in [-0.3, -0.25) is 77.4 Å². The summed E-state index contributed by atoms with van der Waals surface area (Å²) in [7, 11) is 0. The zero-order valence-corrected chi connectivity index (χ0v) is 69.0. The topological polar surface area (TPSA) is 550 Å². The number of carbonyl (C=O) groups excluding carboxylic acids is 15. The summed E-state index contributed by atoms with van der Waals surface area (Å²) in [4.78, 5) is 222. The van der Waals surface area contributed by atoms with Crippen molar-refractivity contribution in [1.82, 2.24) is 73.7 Å². The molecular weight excluding hydrogens is 1580 g/mol. The van der Waals surface area contributed by atoms with Gasteiger partial charge < -0.3 is 95.7 Å². The van der Waals surface area contributed by atoms with Gasteiger partial charge in [-0.15, -0.1) is 0 Å². The van der Waals surface area contributed by atoms with Gasteiger partial charge in [0.1, 0.15) is 66.5 Å². The molecule has 0 saturated carbocycles. The maximum absolute atomic E-state index is 15.5. The van der Waals surface area contributed by atoms with Gasteiger partial charge >= 0.3 is 12.1 Å². The number of urea groups is 2. The van der Waals surface area contributed by atoms with E-state index in [9.17, 15) is 62.6 Å². The Kier molecular flexibility index (Phi) is 37.0. The lowest BCUT2D eigenvalue weighted by molar-refractivity contribution is -0.142. The van der Waals surface area contributed by atoms with Crippen LogP contribution in [0.15, 0.2) is 140 Å². The van der Waals surface area contributed by atoms with Gasteiger partial charge in [0.15, 0.2) is 0 Å². The van der Waals surface area contributed by atoms with Gasteiger partial charge in [-0.05, 0) is 139 Å². The third kappa shape index (κ3) is 31.7. The minimum Gasteiger partial charge on any atom is -0.481 e. The van der Waals surface area contributed by atoms with Crippen molar-refractivity contribution in [2.75, 3.05) is 30.3 Å². The quantitative estimate of drug-likeness (QED) is 0.0242. The monoisotopic (exact) mass is 1690 g/mol. The molecule has 5 aromatic carbocycles. The normalized spacial score (nSPS) is 15.8. The highest BCUT2D eigenvalue weighted by Gasteiger charge is 2.41. The van der Waals surface area contributed by atoms with Gasteiger partial charge in [-0.1, -0.05) is 124 Å². The molecule has 2 saturated heterocycles. The van der Waals surface area contributed by atoms with Crippen LogP contribution in [0, 0.1) is 5.92 Å². The van der Waals surface area contributed by atoms with E-state index in [2.05, 4.69) is 74.1 Å². The predicted molar refractivity (Wildman–Crippen MR) is 447 cm³/mol. The number of unbranched alkanes of at least 4 members (excludes halogenated alkanes) is 1. The Bertz CT molecular complexity index is 4640. The van der Waals surface area contributed by atoms with Crippen molar-refractivity contribution < 1.29 is 86.9 Å². The zero-order valence-electron chi connectivity index (χ0n) is 68.2. The number of aliphatic carboxylic acids is 1. The molecule has 11 atom stereocenters. The van der Waals surface area contributed by atoms with Crippen molar-refractivity contribution in [2.45, 2.75) is 198 Å². The Labute approximate surface area is 704 Å². The lowest BCUT2D eigenvalue weighted by Gasteiger charge is -2.31. The van der Waals surface area contributed by atoms with Gasteiger partial charge in [0.05, 0.1) is 13.0 Å². The van der Waals surface area contributed by atoms with Crippen LogP contribution in [-0.4, -0.2) is 207 Å². The first kappa shape index (κ1) is 95.2. The largest absolute Gasteiger partial charge is 0.481 e. The minimum absolute atomic E-state index is 0.00410. The third-order valence-electron chi connectivity index (χ3n) is 19.4. The molecule has 20 N–H and O–H groups in total. The molecule has 0 bridgehead atoms. The second-order valence-corrected chi connectivity index (χ2v) is 30.7. The highest BCUT2D eigenvalue weighted by Crippen LogP contribution is 2.24. The number of benzene rings is 5. The van der Waals surface area contributed by atoms with E-state index in [1.54, 1.807) is 50.2 Å². The first-order valence-corrected chi connectivity index (χ1v) is 40.0. The lowest BCUT2D eigenvalue weighted by Crippen LogP contribution is -2.62. The fourth-order valence-corrected chi connectivity index (χ4v) is 13.5. The number of anilines is 2. The molecule has 37 heteroatoms. The summed E-state index contributed by atoms with van der Waals surface area (Å²) < 4.78 is 0. The Balaban J connectivity index is 0.00000493. The van der Waals surface area contributed by atoms with Crippen LogP contribution in [0.4, 0.5) is 21.0 Å². The number of carboxylic acids is 1. The van der Waals surface area contributed by atoms with Crippen LogP contribution in [-0.2, 0) is 99.2 Å². The minimum atomic E-state index is -1.92. The molecule has 0 spiro atoms. The van der Waals surface area contributed by atoms with Crippen LogP contribution in [0.3, 0.4) is 0 Å². The van der Waals surface area contributed by atoms with E-state index in [1.165, 1.54) is 79.7 Å². The number of pyridine rings is 1. The van der Waals surface area contributed by atoms with E-state index < -0.39 is 174 Å². The van der Waals surface area contributed by atoms with Crippen molar-refractivity contribution >= 4 is 129 Å². The maximum Gasteiger partial charge on any atom is 0.322 e. The van der Waals surface area contributed by atoms with Crippen LogP contribution in [0.2, 0.25) is 5.02 Å². The third-order valence-corrected chi connectivity index (χ3v) is 19.7. The second kappa shape index (κ2) is 47.0. The van der Waals surface area contributed by atoms with Crippen molar-refractivity contribution in [3.8, 4) is 0 Å². The van der Waals surface area contributed by atoms with E-state index >= 15 is 14.4 Å². The van der Waals surface area contributed by atoms with Crippen molar-refractivity contribution in [3.63, 3.8) is 0 Å². The van der Waals surface area contributed by atoms with E-state index in [4.69, 9.17) is 33.0 Å². The SMILES string of the molecule is CC(=O)NC(Cc1ccc2ccccc2c1)C(=O)NC(Cc1ccc(Cl)cc1)C(=O)NC(Cc1cccnc1)C(=O)NC(CO)C(=O)NC(Cc1ccc(NC(=O)C2CC(=O)NC(=O)N2)cc1)C(=O)NC(Cc1ccc(NC(N)=O)cc1)C(=O)NC(CC(C)C)C(=O)NC(CCCCNC(C)C)C(=O)N1CCCC1C(=O)NC(C)C(N)=O.CC(=O)O. The van der Waals surface area contributed by atoms with Gasteiger partial charge in [-0.25, -0.2) is 9.59 Å². The Morgan fingerprint density at radius 3 is 1.50 bits per heavy atom. The summed E-state index contributed by atoms with van der Waals surface area (Å²) in [5.41, 5.74) is 13.6. The van der Waals surface area contributed by atoms with Gasteiger partial charge in [0, 0.05) is 87.3 Å². The molecule has 11 unspecified atom stereocenters. The van der Waals surface area contributed by atoms with Crippen LogP contribution >= 0.6 is 11.6 Å². The summed E-state index contributed by atoms with van der Waals surface area (Å²) in [5, 5.41) is 57.8. The molecule has 3 heterocycles. The number of carbonyl (C=O) groups is 16. The molecule has 0 radical (unpaired) electrons. The molecule has 17 amide bonds. The number of aliphatic hydroxyl groups excluding tert-OH is 1. The van der Waals surface area contributed by atoms with Crippen LogP contribution < -0.4 is 85.9 Å². The summed E-state index contributed by atoms with van der Waals surface area (Å²) in [6, 6.07) is 17.3. The molecule has 121 heavy (non-hydrogen) atoms. The molecule has 8 rings (SSSR count). The zero-order chi connectivity index (χ0) is 88.6. The number of nitrogens with one attached hydrogen (secondary N) is 14. The fraction of sp³-hybridized carbons (Fsp3) is 0.417. The summed E-state index contributed by atoms with van der Waals surface area (Å²) >= 11 is 6.27. The van der Waals surface area contributed by atoms with E-state index in [-0.39, 0.29) is 86.8 Å². The number of aromatic nitrogens is 1. The summed E-state index contributed by atoms with van der Waals surface area (Å²) in [6.45, 7) is 10.8. The number of hydrogen-bond donors (Lipinski definition) is 18. The van der Waals surface area contributed by atoms with Crippen LogP contribution in [0.25, 0.3) is 10.8 Å². The smallest absolute Gasteiger partial charge is 0.322 e. The molecule has 6 aromatic rings. The Hall–Kier alpha value is -13.0. The summed E-state index contributed by atoms with van der Waals surface area (Å²) in [6.07, 6.45) is 3.04. The molecule has 2 aliphatic rings. The first-order chi connectivity index (χ1) is 57.5.